The molecule has 1 aliphatic rings. The molecule has 0 aliphatic heterocycles. The summed E-state index contributed by atoms with van der Waals surface area (Å²) in [6.45, 7) is 6.99. The van der Waals surface area contributed by atoms with Crippen LogP contribution >= 0.6 is 0 Å². The summed E-state index contributed by atoms with van der Waals surface area (Å²) in [6, 6.07) is 20.3. The number of anilines is 2. The number of ketones is 2. The molecule has 4 rings (SSSR count). The van der Waals surface area contributed by atoms with Crippen LogP contribution in [0.25, 0.3) is 0 Å². The van der Waals surface area contributed by atoms with Crippen LogP contribution in [0.3, 0.4) is 0 Å². The van der Waals surface area contributed by atoms with E-state index in [-0.39, 0.29) is 11.6 Å². The van der Waals surface area contributed by atoms with Gasteiger partial charge in [0.1, 0.15) is 0 Å². The number of nitrogens with one attached hydrogen (secondary N) is 1. The van der Waals surface area contributed by atoms with Crippen LogP contribution in [0.2, 0.25) is 0 Å². The number of benzene rings is 3. The van der Waals surface area contributed by atoms with E-state index >= 15 is 0 Å². The highest BCUT2D eigenvalue weighted by Gasteiger charge is 2.31. The van der Waals surface area contributed by atoms with Crippen molar-refractivity contribution >= 4 is 22.9 Å². The zero-order valence-electron chi connectivity index (χ0n) is 16.9. The van der Waals surface area contributed by atoms with Gasteiger partial charge in [-0.25, -0.2) is 0 Å². The van der Waals surface area contributed by atoms with Gasteiger partial charge < -0.3 is 10.1 Å². The lowest BCUT2D eigenvalue weighted by molar-refractivity contribution is 0.0979. The molecule has 0 spiro atoms. The topological polar surface area (TPSA) is 55.4 Å². The van der Waals surface area contributed by atoms with Crippen LogP contribution in [0.15, 0.2) is 78.9 Å². The van der Waals surface area contributed by atoms with E-state index in [1.54, 1.807) is 36.4 Å². The maximum absolute atomic E-state index is 13.1. The van der Waals surface area contributed by atoms with Gasteiger partial charge in [0.25, 0.3) is 0 Å². The molecule has 0 amide bonds. The Labute approximate surface area is 176 Å². The molecule has 0 unspecified atom stereocenters. The van der Waals surface area contributed by atoms with Crippen molar-refractivity contribution < 1.29 is 14.3 Å². The number of hydrogen-bond donors (Lipinski definition) is 1. The molecule has 0 bridgehead atoms. The molecule has 150 valence electrons. The number of hydrogen-bond acceptors (Lipinski definition) is 4. The molecule has 0 fully saturated rings. The van der Waals surface area contributed by atoms with Crippen molar-refractivity contribution in [2.45, 2.75) is 13.3 Å². The maximum atomic E-state index is 13.1. The quantitative estimate of drug-likeness (QED) is 0.338. The molecule has 0 radical (unpaired) electrons. The fraction of sp³-hybridized carbons (Fsp3) is 0.154. The minimum absolute atomic E-state index is 0.117. The van der Waals surface area contributed by atoms with Crippen LogP contribution in [0, 0.1) is 0 Å². The van der Waals surface area contributed by atoms with Gasteiger partial charge in [0.05, 0.1) is 24.5 Å². The Balaban J connectivity index is 1.53. The van der Waals surface area contributed by atoms with Crippen molar-refractivity contribution in [1.29, 1.82) is 0 Å². The van der Waals surface area contributed by atoms with Gasteiger partial charge in [-0.2, -0.15) is 0 Å². The number of ether oxygens (including phenoxy) is 1. The van der Waals surface area contributed by atoms with Gasteiger partial charge in [0, 0.05) is 22.4 Å². The summed E-state index contributed by atoms with van der Waals surface area (Å²) in [4.78, 5) is 26.0. The largest absolute Gasteiger partial charge is 0.377 e. The average Bonchev–Trinajstić information content (AvgIpc) is 2.76. The smallest absolute Gasteiger partial charge is 0.196 e. The monoisotopic (exact) mass is 397 g/mol. The van der Waals surface area contributed by atoms with Crippen LogP contribution in [-0.2, 0) is 11.2 Å². The van der Waals surface area contributed by atoms with E-state index in [1.807, 2.05) is 37.3 Å². The third-order valence-corrected chi connectivity index (χ3v) is 5.07. The third-order valence-electron chi connectivity index (χ3n) is 5.07. The van der Waals surface area contributed by atoms with Gasteiger partial charge in [-0.05, 0) is 37.1 Å². The van der Waals surface area contributed by atoms with Crippen LogP contribution in [0.1, 0.15) is 44.3 Å². The predicted molar refractivity (Wildman–Crippen MR) is 119 cm³/mol. The van der Waals surface area contributed by atoms with Gasteiger partial charge in [0.2, 0.25) is 0 Å². The standard InChI is InChI=1S/C26H23NO3/c1-17(2)16-30-15-14-18-10-12-19(13-11-18)27-23-9-5-8-22-24(23)26(29)21-7-4-3-6-20(21)25(22)28/h3-13,27H,1,14-16H2,2H3. The average molecular weight is 397 g/mol. The molecule has 1 aliphatic carbocycles. The van der Waals surface area contributed by atoms with Crippen molar-refractivity contribution in [2.75, 3.05) is 18.5 Å². The van der Waals surface area contributed by atoms with E-state index in [0.717, 1.165) is 23.2 Å². The van der Waals surface area contributed by atoms with Crippen LogP contribution in [0.5, 0.6) is 0 Å². The molecule has 0 saturated heterocycles. The molecule has 4 heteroatoms. The number of carbonyl (C=O) groups is 2. The summed E-state index contributed by atoms with van der Waals surface area (Å²) in [6.07, 6.45) is 0.818. The zero-order chi connectivity index (χ0) is 21.1. The van der Waals surface area contributed by atoms with E-state index in [0.29, 0.717) is 41.2 Å². The number of carbonyl (C=O) groups excluding carboxylic acids is 2. The number of fused-ring (bicyclic) bond motifs is 2. The Morgan fingerprint density at radius 3 is 2.23 bits per heavy atom. The molecule has 1 N–H and O–H groups in total. The molecular weight excluding hydrogens is 374 g/mol. The second-order valence-corrected chi connectivity index (χ2v) is 7.51. The van der Waals surface area contributed by atoms with Crippen molar-refractivity contribution in [3.8, 4) is 0 Å². The highest BCUT2D eigenvalue weighted by atomic mass is 16.5. The van der Waals surface area contributed by atoms with Gasteiger partial charge in [-0.1, -0.05) is 60.7 Å². The molecule has 3 aromatic carbocycles. The molecule has 30 heavy (non-hydrogen) atoms. The summed E-state index contributed by atoms with van der Waals surface area (Å²) < 4.78 is 5.55. The molecule has 3 aromatic rings. The lowest BCUT2D eigenvalue weighted by atomic mass is 9.83. The van der Waals surface area contributed by atoms with E-state index < -0.39 is 0 Å². The number of rotatable bonds is 7. The Hall–Kier alpha value is -3.50. The van der Waals surface area contributed by atoms with Gasteiger partial charge in [-0.15, -0.1) is 0 Å². The fourth-order valence-corrected chi connectivity index (χ4v) is 3.60. The van der Waals surface area contributed by atoms with Crippen LogP contribution in [0.4, 0.5) is 11.4 Å². The summed E-state index contributed by atoms with van der Waals surface area (Å²) in [5.74, 6) is -0.247. The Kier molecular flexibility index (Phi) is 5.59. The Morgan fingerprint density at radius 1 is 0.867 bits per heavy atom. The zero-order valence-corrected chi connectivity index (χ0v) is 16.9. The van der Waals surface area contributed by atoms with Crippen LogP contribution < -0.4 is 5.32 Å². The summed E-state index contributed by atoms with van der Waals surface area (Å²) in [5.41, 5.74) is 5.45. The summed E-state index contributed by atoms with van der Waals surface area (Å²) >= 11 is 0. The molecule has 0 atom stereocenters. The van der Waals surface area contributed by atoms with E-state index in [9.17, 15) is 9.59 Å². The minimum atomic E-state index is -0.130. The normalized spacial score (nSPS) is 12.3. The lowest BCUT2D eigenvalue weighted by Gasteiger charge is -2.20. The van der Waals surface area contributed by atoms with Crippen molar-refractivity contribution in [2.24, 2.45) is 0 Å². The Morgan fingerprint density at radius 2 is 1.53 bits per heavy atom. The first-order chi connectivity index (χ1) is 14.5. The highest BCUT2D eigenvalue weighted by molar-refractivity contribution is 6.30. The first-order valence-electron chi connectivity index (χ1n) is 9.94. The van der Waals surface area contributed by atoms with Crippen molar-refractivity contribution in [1.82, 2.24) is 0 Å². The highest BCUT2D eigenvalue weighted by Crippen LogP contribution is 2.33. The molecular formula is C26H23NO3. The van der Waals surface area contributed by atoms with Gasteiger partial charge in [-0.3, -0.25) is 9.59 Å². The third kappa shape index (κ3) is 3.95. The van der Waals surface area contributed by atoms with Crippen LogP contribution in [-0.4, -0.2) is 24.8 Å². The van der Waals surface area contributed by atoms with E-state index in [2.05, 4.69) is 11.9 Å². The molecule has 0 aromatic heterocycles. The molecule has 0 heterocycles. The maximum Gasteiger partial charge on any atom is 0.196 e. The van der Waals surface area contributed by atoms with Gasteiger partial charge >= 0.3 is 0 Å². The van der Waals surface area contributed by atoms with Gasteiger partial charge in [0.15, 0.2) is 11.6 Å². The lowest BCUT2D eigenvalue weighted by Crippen LogP contribution is -2.22. The van der Waals surface area contributed by atoms with E-state index in [4.69, 9.17) is 4.74 Å². The SMILES string of the molecule is C=C(C)COCCc1ccc(Nc2cccc3c2C(=O)c2ccccc2C3=O)cc1. The second kappa shape index (κ2) is 8.47. The first-order valence-corrected chi connectivity index (χ1v) is 9.94. The first kappa shape index (κ1) is 19.8. The summed E-state index contributed by atoms with van der Waals surface area (Å²) in [7, 11) is 0. The second-order valence-electron chi connectivity index (χ2n) is 7.51. The summed E-state index contributed by atoms with van der Waals surface area (Å²) in [5, 5.41) is 3.31. The predicted octanol–water partition coefficient (Wildman–Crippen LogP) is 5.34. The van der Waals surface area contributed by atoms with E-state index in [1.165, 1.54) is 0 Å². The molecule has 0 saturated carbocycles. The minimum Gasteiger partial charge on any atom is -0.377 e. The fourth-order valence-electron chi connectivity index (χ4n) is 3.60. The van der Waals surface area contributed by atoms with Crippen molar-refractivity contribution in [3.05, 3.63) is 107 Å². The van der Waals surface area contributed by atoms with Crippen molar-refractivity contribution in [3.63, 3.8) is 0 Å². The Bertz CT molecular complexity index is 1130. The molecule has 4 nitrogen and oxygen atoms in total.